The van der Waals surface area contributed by atoms with Gasteiger partial charge in [0.2, 0.25) is 0 Å². The van der Waals surface area contributed by atoms with Crippen molar-refractivity contribution in [1.29, 1.82) is 0 Å². The Kier molecular flexibility index (Phi) is 4.43. The SMILES string of the molecule is Cc1nccn1-c1cccc([C@H]2CCCN(C(=O)c3cnccn3)C2)n1. The monoisotopic (exact) mass is 348 g/mol. The Morgan fingerprint density at radius 1 is 1.19 bits per heavy atom. The topological polar surface area (TPSA) is 76.8 Å². The van der Waals surface area contributed by atoms with Crippen LogP contribution in [0.3, 0.4) is 0 Å². The van der Waals surface area contributed by atoms with E-state index in [-0.39, 0.29) is 11.8 Å². The number of hydrogen-bond donors (Lipinski definition) is 0. The number of nitrogens with zero attached hydrogens (tertiary/aromatic N) is 6. The van der Waals surface area contributed by atoms with E-state index in [1.54, 1.807) is 18.6 Å². The third-order valence-electron chi connectivity index (χ3n) is 4.74. The molecule has 4 rings (SSSR count). The summed E-state index contributed by atoms with van der Waals surface area (Å²) in [5.41, 5.74) is 1.40. The predicted octanol–water partition coefficient (Wildman–Crippen LogP) is 2.39. The zero-order valence-electron chi connectivity index (χ0n) is 14.6. The van der Waals surface area contributed by atoms with Gasteiger partial charge in [0.05, 0.1) is 6.20 Å². The van der Waals surface area contributed by atoms with Crippen molar-refractivity contribution in [2.75, 3.05) is 13.1 Å². The number of carbonyl (C=O) groups is 1. The van der Waals surface area contributed by atoms with Crippen LogP contribution in [0.25, 0.3) is 5.82 Å². The molecule has 0 aromatic carbocycles. The Balaban J connectivity index is 1.55. The molecule has 26 heavy (non-hydrogen) atoms. The van der Waals surface area contributed by atoms with Gasteiger partial charge in [-0.1, -0.05) is 6.07 Å². The van der Waals surface area contributed by atoms with E-state index >= 15 is 0 Å². The lowest BCUT2D eigenvalue weighted by molar-refractivity contribution is 0.0699. The van der Waals surface area contributed by atoms with Gasteiger partial charge in [-0.15, -0.1) is 0 Å². The molecule has 0 spiro atoms. The van der Waals surface area contributed by atoms with E-state index in [1.165, 1.54) is 6.20 Å². The second kappa shape index (κ2) is 7.03. The van der Waals surface area contributed by atoms with Crippen LogP contribution < -0.4 is 0 Å². The maximum Gasteiger partial charge on any atom is 0.274 e. The van der Waals surface area contributed by atoms with Gasteiger partial charge in [-0.3, -0.25) is 14.3 Å². The van der Waals surface area contributed by atoms with Crippen LogP contribution in [-0.2, 0) is 0 Å². The van der Waals surface area contributed by atoms with Crippen LogP contribution in [0.15, 0.2) is 49.2 Å². The number of rotatable bonds is 3. The van der Waals surface area contributed by atoms with Gasteiger partial charge < -0.3 is 4.90 Å². The summed E-state index contributed by atoms with van der Waals surface area (Å²) in [5.74, 6) is 1.91. The average Bonchev–Trinajstić information content (AvgIpc) is 3.14. The number of aryl methyl sites for hydroxylation is 1. The number of pyridine rings is 1. The van der Waals surface area contributed by atoms with Crippen molar-refractivity contribution in [3.05, 3.63) is 66.4 Å². The van der Waals surface area contributed by atoms with Crippen molar-refractivity contribution in [3.8, 4) is 5.82 Å². The van der Waals surface area contributed by atoms with Crippen molar-refractivity contribution >= 4 is 5.91 Å². The molecule has 132 valence electrons. The fraction of sp³-hybridized carbons (Fsp3) is 0.316. The van der Waals surface area contributed by atoms with E-state index in [0.717, 1.165) is 36.7 Å². The average molecular weight is 348 g/mol. The molecule has 3 aromatic heterocycles. The van der Waals surface area contributed by atoms with Crippen LogP contribution in [-0.4, -0.2) is 48.4 Å². The highest BCUT2D eigenvalue weighted by atomic mass is 16.2. The van der Waals surface area contributed by atoms with Gasteiger partial charge >= 0.3 is 0 Å². The van der Waals surface area contributed by atoms with Gasteiger partial charge in [0.15, 0.2) is 0 Å². The second-order valence-corrected chi connectivity index (χ2v) is 6.45. The number of aromatic nitrogens is 5. The molecule has 0 saturated carbocycles. The van der Waals surface area contributed by atoms with Crippen LogP contribution in [0, 0.1) is 6.92 Å². The van der Waals surface area contributed by atoms with Crippen LogP contribution in [0.1, 0.15) is 40.8 Å². The van der Waals surface area contributed by atoms with Gasteiger partial charge in [-0.25, -0.2) is 15.0 Å². The lowest BCUT2D eigenvalue weighted by atomic mass is 9.94. The maximum absolute atomic E-state index is 12.7. The molecule has 0 unspecified atom stereocenters. The maximum atomic E-state index is 12.7. The van der Waals surface area contributed by atoms with Crippen molar-refractivity contribution in [3.63, 3.8) is 0 Å². The van der Waals surface area contributed by atoms with E-state index in [0.29, 0.717) is 12.2 Å². The number of hydrogen-bond acceptors (Lipinski definition) is 5. The molecule has 1 atom stereocenters. The summed E-state index contributed by atoms with van der Waals surface area (Å²) in [5, 5.41) is 0. The van der Waals surface area contributed by atoms with E-state index in [1.807, 2.05) is 40.8 Å². The summed E-state index contributed by atoms with van der Waals surface area (Å²) in [6, 6.07) is 6.03. The lowest BCUT2D eigenvalue weighted by Gasteiger charge is -2.32. The molecule has 0 bridgehead atoms. The van der Waals surface area contributed by atoms with E-state index in [2.05, 4.69) is 15.0 Å². The van der Waals surface area contributed by atoms with Crippen molar-refractivity contribution in [1.82, 2.24) is 29.4 Å². The molecule has 0 N–H and O–H groups in total. The van der Waals surface area contributed by atoms with Gasteiger partial charge in [0, 0.05) is 49.5 Å². The van der Waals surface area contributed by atoms with Gasteiger partial charge in [0.25, 0.3) is 5.91 Å². The first-order valence-electron chi connectivity index (χ1n) is 8.75. The molecule has 1 saturated heterocycles. The molecule has 3 aromatic rings. The zero-order chi connectivity index (χ0) is 17.9. The Labute approximate surface area is 151 Å². The molecule has 0 radical (unpaired) electrons. The summed E-state index contributed by atoms with van der Waals surface area (Å²) < 4.78 is 1.97. The van der Waals surface area contributed by atoms with E-state index in [4.69, 9.17) is 4.98 Å². The lowest BCUT2D eigenvalue weighted by Crippen LogP contribution is -2.39. The van der Waals surface area contributed by atoms with Crippen molar-refractivity contribution in [2.24, 2.45) is 0 Å². The smallest absolute Gasteiger partial charge is 0.274 e. The fourth-order valence-corrected chi connectivity index (χ4v) is 3.40. The highest BCUT2D eigenvalue weighted by Crippen LogP contribution is 2.27. The molecule has 1 amide bonds. The Hall–Kier alpha value is -3.09. The molecular formula is C19H20N6O. The van der Waals surface area contributed by atoms with Crippen LogP contribution >= 0.6 is 0 Å². The first-order chi connectivity index (χ1) is 12.7. The summed E-state index contributed by atoms with van der Waals surface area (Å²) in [4.78, 5) is 31.7. The molecule has 4 heterocycles. The minimum absolute atomic E-state index is 0.0654. The third-order valence-corrected chi connectivity index (χ3v) is 4.74. The van der Waals surface area contributed by atoms with Gasteiger partial charge in [0.1, 0.15) is 17.3 Å². The summed E-state index contributed by atoms with van der Waals surface area (Å²) in [6.45, 7) is 3.34. The molecule has 0 aliphatic carbocycles. The number of imidazole rings is 1. The summed E-state index contributed by atoms with van der Waals surface area (Å²) in [7, 11) is 0. The fourth-order valence-electron chi connectivity index (χ4n) is 3.40. The van der Waals surface area contributed by atoms with Crippen molar-refractivity contribution in [2.45, 2.75) is 25.7 Å². The Morgan fingerprint density at radius 2 is 2.12 bits per heavy atom. The minimum Gasteiger partial charge on any atom is -0.337 e. The second-order valence-electron chi connectivity index (χ2n) is 6.45. The van der Waals surface area contributed by atoms with Crippen LogP contribution in [0.4, 0.5) is 0 Å². The normalized spacial score (nSPS) is 17.3. The van der Waals surface area contributed by atoms with Crippen molar-refractivity contribution < 1.29 is 4.79 Å². The Morgan fingerprint density at radius 3 is 2.88 bits per heavy atom. The molecule has 1 aliphatic rings. The summed E-state index contributed by atoms with van der Waals surface area (Å²) >= 11 is 0. The molecule has 1 aliphatic heterocycles. The van der Waals surface area contributed by atoms with Gasteiger partial charge in [-0.05, 0) is 31.9 Å². The highest BCUT2D eigenvalue weighted by molar-refractivity contribution is 5.92. The predicted molar refractivity (Wildman–Crippen MR) is 96.0 cm³/mol. The first kappa shape index (κ1) is 16.4. The minimum atomic E-state index is -0.0654. The summed E-state index contributed by atoms with van der Waals surface area (Å²) in [6.07, 6.45) is 10.3. The number of carbonyl (C=O) groups excluding carboxylic acids is 1. The largest absolute Gasteiger partial charge is 0.337 e. The molecule has 7 nitrogen and oxygen atoms in total. The van der Waals surface area contributed by atoms with Gasteiger partial charge in [-0.2, -0.15) is 0 Å². The zero-order valence-corrected chi connectivity index (χ0v) is 14.6. The number of piperidine rings is 1. The first-order valence-corrected chi connectivity index (χ1v) is 8.75. The van der Waals surface area contributed by atoms with Crippen LogP contribution in [0.5, 0.6) is 0 Å². The highest BCUT2D eigenvalue weighted by Gasteiger charge is 2.27. The molecular weight excluding hydrogens is 328 g/mol. The number of likely N-dealkylation sites (tertiary alicyclic amines) is 1. The Bertz CT molecular complexity index is 907. The number of amides is 1. The quantitative estimate of drug-likeness (QED) is 0.726. The molecule has 1 fully saturated rings. The molecule has 7 heteroatoms. The third kappa shape index (κ3) is 3.20. The van der Waals surface area contributed by atoms with E-state index in [9.17, 15) is 4.79 Å². The van der Waals surface area contributed by atoms with Crippen LogP contribution in [0.2, 0.25) is 0 Å². The van der Waals surface area contributed by atoms with E-state index < -0.39 is 0 Å². The standard InChI is InChI=1S/C19H20N6O/c1-14-21-9-11-25(14)18-6-2-5-16(23-18)15-4-3-10-24(13-15)19(26)17-12-20-7-8-22-17/h2,5-9,11-12,15H,3-4,10,13H2,1H3/t15-/m0/s1.